The van der Waals surface area contributed by atoms with Gasteiger partial charge in [0.15, 0.2) is 0 Å². The summed E-state index contributed by atoms with van der Waals surface area (Å²) in [5.41, 5.74) is 0.168. The number of anilines is 1. The summed E-state index contributed by atoms with van der Waals surface area (Å²) in [5.74, 6) is 1.67. The van der Waals surface area contributed by atoms with E-state index in [9.17, 15) is 0 Å². The second kappa shape index (κ2) is 5.21. The minimum absolute atomic E-state index is 0.168. The summed E-state index contributed by atoms with van der Waals surface area (Å²) in [5, 5.41) is 4.06. The molecule has 1 saturated carbocycles. The second-order valence-corrected chi connectivity index (χ2v) is 5.48. The van der Waals surface area contributed by atoms with Crippen molar-refractivity contribution in [3.05, 3.63) is 17.0 Å². The Labute approximate surface area is 108 Å². The molecular weight excluding hydrogens is 234 g/mol. The average Bonchev–Trinajstić information content (AvgIpc) is 2.28. The number of aryl methyl sites for hydroxylation is 1. The SMILES string of the molecule is CCc1nc(Cl)cc(NC2(C)CCCCC2)n1. The highest BCUT2D eigenvalue weighted by atomic mass is 35.5. The highest BCUT2D eigenvalue weighted by Gasteiger charge is 2.26. The summed E-state index contributed by atoms with van der Waals surface area (Å²) in [4.78, 5) is 8.67. The molecule has 0 aromatic carbocycles. The van der Waals surface area contributed by atoms with E-state index in [-0.39, 0.29) is 5.54 Å². The summed E-state index contributed by atoms with van der Waals surface area (Å²) < 4.78 is 0. The Balaban J connectivity index is 2.14. The minimum Gasteiger partial charge on any atom is -0.365 e. The predicted octanol–water partition coefficient (Wildman–Crippen LogP) is 3.83. The van der Waals surface area contributed by atoms with Crippen molar-refractivity contribution in [2.45, 2.75) is 57.9 Å². The maximum absolute atomic E-state index is 6.00. The topological polar surface area (TPSA) is 37.8 Å². The van der Waals surface area contributed by atoms with Gasteiger partial charge in [-0.05, 0) is 19.8 Å². The minimum atomic E-state index is 0.168. The quantitative estimate of drug-likeness (QED) is 0.832. The zero-order valence-corrected chi connectivity index (χ0v) is 11.3. The Morgan fingerprint density at radius 2 is 2.00 bits per heavy atom. The lowest BCUT2D eigenvalue weighted by molar-refractivity contribution is 0.348. The van der Waals surface area contributed by atoms with Gasteiger partial charge in [-0.2, -0.15) is 0 Å². The highest BCUT2D eigenvalue weighted by Crippen LogP contribution is 2.31. The van der Waals surface area contributed by atoms with Crippen LogP contribution in [0.5, 0.6) is 0 Å². The van der Waals surface area contributed by atoms with Crippen LogP contribution in [0.25, 0.3) is 0 Å². The molecular formula is C13H20ClN3. The van der Waals surface area contributed by atoms with E-state index in [2.05, 4.69) is 22.2 Å². The van der Waals surface area contributed by atoms with E-state index in [1.807, 2.05) is 13.0 Å². The van der Waals surface area contributed by atoms with Crippen LogP contribution in [0.1, 0.15) is 51.8 Å². The standard InChI is InChI=1S/C13H20ClN3/c1-3-11-15-10(14)9-12(16-11)17-13(2)7-5-4-6-8-13/h9H,3-8H2,1-2H3,(H,15,16,17). The lowest BCUT2D eigenvalue weighted by atomic mass is 9.83. The van der Waals surface area contributed by atoms with Crippen molar-refractivity contribution in [3.8, 4) is 0 Å². The van der Waals surface area contributed by atoms with E-state index in [0.717, 1.165) is 18.1 Å². The van der Waals surface area contributed by atoms with Crippen molar-refractivity contribution in [1.82, 2.24) is 9.97 Å². The number of halogens is 1. The van der Waals surface area contributed by atoms with Crippen LogP contribution in [0.2, 0.25) is 5.15 Å². The van der Waals surface area contributed by atoms with Crippen molar-refractivity contribution in [3.63, 3.8) is 0 Å². The fourth-order valence-electron chi connectivity index (χ4n) is 2.45. The summed E-state index contributed by atoms with van der Waals surface area (Å²) in [6.45, 7) is 4.31. The van der Waals surface area contributed by atoms with E-state index in [0.29, 0.717) is 5.15 Å². The third-order valence-electron chi connectivity index (χ3n) is 3.44. The van der Waals surface area contributed by atoms with Crippen LogP contribution >= 0.6 is 11.6 Å². The van der Waals surface area contributed by atoms with E-state index >= 15 is 0 Å². The highest BCUT2D eigenvalue weighted by molar-refractivity contribution is 6.29. The Bertz CT molecular complexity index is 386. The van der Waals surface area contributed by atoms with Crippen molar-refractivity contribution >= 4 is 17.4 Å². The maximum atomic E-state index is 6.00. The van der Waals surface area contributed by atoms with Crippen LogP contribution in [0.3, 0.4) is 0 Å². The van der Waals surface area contributed by atoms with E-state index in [4.69, 9.17) is 11.6 Å². The molecule has 0 bridgehead atoms. The molecule has 1 aromatic heterocycles. The van der Waals surface area contributed by atoms with Gasteiger partial charge < -0.3 is 5.32 Å². The number of hydrogen-bond donors (Lipinski definition) is 1. The van der Waals surface area contributed by atoms with Gasteiger partial charge in [0, 0.05) is 18.0 Å². The Kier molecular flexibility index (Phi) is 3.87. The Hall–Kier alpha value is -0.830. The number of nitrogens with one attached hydrogen (secondary N) is 1. The van der Waals surface area contributed by atoms with Gasteiger partial charge in [-0.15, -0.1) is 0 Å². The van der Waals surface area contributed by atoms with Crippen LogP contribution in [0, 0.1) is 0 Å². The van der Waals surface area contributed by atoms with Gasteiger partial charge in [0.2, 0.25) is 0 Å². The summed E-state index contributed by atoms with van der Waals surface area (Å²) in [7, 11) is 0. The van der Waals surface area contributed by atoms with Gasteiger partial charge in [0.25, 0.3) is 0 Å². The van der Waals surface area contributed by atoms with Crippen LogP contribution in [-0.2, 0) is 6.42 Å². The molecule has 0 saturated heterocycles. The van der Waals surface area contributed by atoms with Crippen LogP contribution in [0.4, 0.5) is 5.82 Å². The van der Waals surface area contributed by atoms with Gasteiger partial charge in [-0.25, -0.2) is 9.97 Å². The summed E-state index contributed by atoms with van der Waals surface area (Å²) in [6, 6.07) is 1.82. The second-order valence-electron chi connectivity index (χ2n) is 5.09. The molecule has 2 rings (SSSR count). The number of rotatable bonds is 3. The predicted molar refractivity (Wildman–Crippen MR) is 71.5 cm³/mol. The van der Waals surface area contributed by atoms with Crippen LogP contribution in [-0.4, -0.2) is 15.5 Å². The molecule has 0 unspecified atom stereocenters. The molecule has 0 spiro atoms. The maximum Gasteiger partial charge on any atom is 0.134 e. The molecule has 1 aliphatic rings. The van der Waals surface area contributed by atoms with Crippen molar-refractivity contribution in [2.75, 3.05) is 5.32 Å². The molecule has 1 aromatic rings. The molecule has 1 heterocycles. The molecule has 1 fully saturated rings. The molecule has 3 nitrogen and oxygen atoms in total. The molecule has 4 heteroatoms. The molecule has 1 N–H and O–H groups in total. The number of nitrogens with zero attached hydrogens (tertiary/aromatic N) is 2. The first kappa shape index (κ1) is 12.6. The lowest BCUT2D eigenvalue weighted by Gasteiger charge is -2.35. The van der Waals surface area contributed by atoms with Crippen molar-refractivity contribution in [2.24, 2.45) is 0 Å². The van der Waals surface area contributed by atoms with Crippen molar-refractivity contribution in [1.29, 1.82) is 0 Å². The molecule has 94 valence electrons. The number of aromatic nitrogens is 2. The van der Waals surface area contributed by atoms with Gasteiger partial charge in [0.05, 0.1) is 0 Å². The fourth-order valence-corrected chi connectivity index (χ4v) is 2.65. The zero-order valence-electron chi connectivity index (χ0n) is 10.6. The third kappa shape index (κ3) is 3.32. The first-order valence-electron chi connectivity index (χ1n) is 6.43. The summed E-state index contributed by atoms with van der Waals surface area (Å²) >= 11 is 6.00. The average molecular weight is 254 g/mol. The first-order valence-corrected chi connectivity index (χ1v) is 6.81. The van der Waals surface area contributed by atoms with Gasteiger partial charge in [-0.1, -0.05) is 37.8 Å². The van der Waals surface area contributed by atoms with Gasteiger partial charge in [-0.3, -0.25) is 0 Å². The van der Waals surface area contributed by atoms with Crippen LogP contribution < -0.4 is 5.32 Å². The molecule has 0 radical (unpaired) electrons. The van der Waals surface area contributed by atoms with E-state index < -0.39 is 0 Å². The number of hydrogen-bond acceptors (Lipinski definition) is 3. The largest absolute Gasteiger partial charge is 0.365 e. The monoisotopic (exact) mass is 253 g/mol. The first-order chi connectivity index (χ1) is 8.11. The van der Waals surface area contributed by atoms with Crippen molar-refractivity contribution < 1.29 is 0 Å². The van der Waals surface area contributed by atoms with Gasteiger partial charge in [0.1, 0.15) is 16.8 Å². The Morgan fingerprint density at radius 3 is 2.65 bits per heavy atom. The summed E-state index contributed by atoms with van der Waals surface area (Å²) in [6.07, 6.45) is 7.16. The fraction of sp³-hybridized carbons (Fsp3) is 0.692. The Morgan fingerprint density at radius 1 is 1.29 bits per heavy atom. The molecule has 0 atom stereocenters. The van der Waals surface area contributed by atoms with E-state index in [1.165, 1.54) is 32.1 Å². The molecule has 1 aliphatic carbocycles. The molecule has 0 aliphatic heterocycles. The molecule has 0 amide bonds. The van der Waals surface area contributed by atoms with Crippen LogP contribution in [0.15, 0.2) is 6.07 Å². The van der Waals surface area contributed by atoms with E-state index in [1.54, 1.807) is 0 Å². The van der Waals surface area contributed by atoms with Gasteiger partial charge >= 0.3 is 0 Å². The molecule has 17 heavy (non-hydrogen) atoms. The zero-order chi connectivity index (χ0) is 12.3. The third-order valence-corrected chi connectivity index (χ3v) is 3.64. The lowest BCUT2D eigenvalue weighted by Crippen LogP contribution is -2.37. The smallest absolute Gasteiger partial charge is 0.134 e. The normalized spacial score (nSPS) is 19.0.